The molecule has 110 valence electrons. The molecule has 1 N–H and O–H groups in total. The fourth-order valence-electron chi connectivity index (χ4n) is 4.07. The van der Waals surface area contributed by atoms with Crippen LogP contribution in [0.15, 0.2) is 0 Å². The van der Waals surface area contributed by atoms with Gasteiger partial charge in [-0.2, -0.15) is 5.10 Å². The third-order valence-electron chi connectivity index (χ3n) is 5.44. The number of aromatic nitrogens is 3. The Morgan fingerprint density at radius 1 is 1.35 bits per heavy atom. The first-order valence-electron chi connectivity index (χ1n) is 8.03. The number of rotatable bonds is 3. The monoisotopic (exact) mass is 276 g/mol. The number of hydrogen-bond acceptors (Lipinski definition) is 4. The van der Waals surface area contributed by atoms with E-state index in [1.807, 2.05) is 6.92 Å². The molecule has 0 bridgehead atoms. The van der Waals surface area contributed by atoms with Crippen molar-refractivity contribution in [3.63, 3.8) is 0 Å². The maximum absolute atomic E-state index is 6.07. The SMILES string of the molecule is Cc1nc(C[C@@H]2OC[C@H]3CN(C4CCC4)CC[C@H]32)n[nH]1. The fourth-order valence-corrected chi connectivity index (χ4v) is 4.07. The van der Waals surface area contributed by atoms with Crippen molar-refractivity contribution in [1.29, 1.82) is 0 Å². The Kier molecular flexibility index (Phi) is 3.27. The molecule has 0 radical (unpaired) electrons. The van der Waals surface area contributed by atoms with Crippen LogP contribution in [0.3, 0.4) is 0 Å². The normalized spacial score (nSPS) is 35.0. The maximum Gasteiger partial charge on any atom is 0.153 e. The van der Waals surface area contributed by atoms with Crippen molar-refractivity contribution in [2.45, 2.75) is 51.2 Å². The molecule has 3 aliphatic rings. The van der Waals surface area contributed by atoms with Crippen LogP contribution in [0.4, 0.5) is 0 Å². The van der Waals surface area contributed by atoms with Gasteiger partial charge in [-0.1, -0.05) is 6.42 Å². The first-order chi connectivity index (χ1) is 9.79. The van der Waals surface area contributed by atoms with Crippen molar-refractivity contribution in [2.75, 3.05) is 19.7 Å². The lowest BCUT2D eigenvalue weighted by Crippen LogP contribution is -2.49. The number of fused-ring (bicyclic) bond motifs is 1. The Balaban J connectivity index is 1.37. The summed E-state index contributed by atoms with van der Waals surface area (Å²) in [6, 6.07) is 0.880. The van der Waals surface area contributed by atoms with E-state index in [1.54, 1.807) is 0 Å². The Morgan fingerprint density at radius 3 is 2.95 bits per heavy atom. The number of ether oxygens (including phenoxy) is 1. The molecule has 1 aromatic heterocycles. The van der Waals surface area contributed by atoms with Crippen molar-refractivity contribution in [2.24, 2.45) is 11.8 Å². The number of hydrogen-bond donors (Lipinski definition) is 1. The molecule has 5 nitrogen and oxygen atoms in total. The Morgan fingerprint density at radius 2 is 2.25 bits per heavy atom. The minimum atomic E-state index is 0.332. The summed E-state index contributed by atoms with van der Waals surface area (Å²) in [7, 11) is 0. The highest BCUT2D eigenvalue weighted by molar-refractivity contribution is 4.98. The molecule has 2 saturated heterocycles. The highest BCUT2D eigenvalue weighted by Gasteiger charge is 2.42. The standard InChI is InChI=1S/C15H24N4O/c1-10-16-15(18-17-10)7-14-13-5-6-19(12-3-2-4-12)8-11(13)9-20-14/h11-14H,2-9H2,1H3,(H,16,17,18)/t11-,13-,14+/m1/s1. The molecule has 0 unspecified atom stereocenters. The topological polar surface area (TPSA) is 54.0 Å². The summed E-state index contributed by atoms with van der Waals surface area (Å²) in [4.78, 5) is 7.14. The summed E-state index contributed by atoms with van der Waals surface area (Å²) in [5.74, 6) is 3.25. The number of piperidine rings is 1. The number of nitrogens with one attached hydrogen (secondary N) is 1. The van der Waals surface area contributed by atoms with Crippen LogP contribution in [-0.2, 0) is 11.2 Å². The van der Waals surface area contributed by atoms with Crippen molar-refractivity contribution in [1.82, 2.24) is 20.1 Å². The number of H-pyrrole nitrogens is 1. The van der Waals surface area contributed by atoms with Crippen molar-refractivity contribution in [3.05, 3.63) is 11.6 Å². The van der Waals surface area contributed by atoms with Gasteiger partial charge in [0.2, 0.25) is 0 Å². The van der Waals surface area contributed by atoms with E-state index in [-0.39, 0.29) is 0 Å². The van der Waals surface area contributed by atoms with Gasteiger partial charge in [-0.3, -0.25) is 5.10 Å². The lowest BCUT2D eigenvalue weighted by molar-refractivity contribution is 0.0541. The van der Waals surface area contributed by atoms with E-state index in [1.165, 1.54) is 38.8 Å². The van der Waals surface area contributed by atoms with Gasteiger partial charge in [-0.15, -0.1) is 0 Å². The summed E-state index contributed by atoms with van der Waals surface area (Å²) in [5, 5.41) is 7.18. The van der Waals surface area contributed by atoms with Crippen LogP contribution in [-0.4, -0.2) is 51.9 Å². The molecule has 3 atom stereocenters. The zero-order valence-electron chi connectivity index (χ0n) is 12.2. The summed E-state index contributed by atoms with van der Waals surface area (Å²) < 4.78 is 6.07. The van der Waals surface area contributed by atoms with Gasteiger partial charge < -0.3 is 9.64 Å². The van der Waals surface area contributed by atoms with Crippen LogP contribution in [0.25, 0.3) is 0 Å². The Hall–Kier alpha value is -0.940. The van der Waals surface area contributed by atoms with Crippen molar-refractivity contribution in [3.8, 4) is 0 Å². The third kappa shape index (κ3) is 2.27. The minimum Gasteiger partial charge on any atom is -0.377 e. The number of aryl methyl sites for hydroxylation is 1. The van der Waals surface area contributed by atoms with E-state index in [0.29, 0.717) is 12.0 Å². The van der Waals surface area contributed by atoms with Crippen LogP contribution >= 0.6 is 0 Å². The summed E-state index contributed by atoms with van der Waals surface area (Å²) in [6.07, 6.45) is 6.75. The van der Waals surface area contributed by atoms with Crippen molar-refractivity contribution >= 4 is 0 Å². The van der Waals surface area contributed by atoms with Gasteiger partial charge in [0.25, 0.3) is 0 Å². The highest BCUT2D eigenvalue weighted by Crippen LogP contribution is 2.38. The molecule has 2 aliphatic heterocycles. The Bertz CT molecular complexity index is 470. The summed E-state index contributed by atoms with van der Waals surface area (Å²) in [6.45, 7) is 5.39. The van der Waals surface area contributed by atoms with Gasteiger partial charge in [-0.05, 0) is 38.6 Å². The molecule has 0 aromatic carbocycles. The molecule has 1 aromatic rings. The number of likely N-dealkylation sites (tertiary alicyclic amines) is 1. The largest absolute Gasteiger partial charge is 0.377 e. The van der Waals surface area contributed by atoms with E-state index in [2.05, 4.69) is 20.1 Å². The summed E-state index contributed by atoms with van der Waals surface area (Å²) in [5.41, 5.74) is 0. The molecule has 3 fully saturated rings. The van der Waals surface area contributed by atoms with Gasteiger partial charge in [0.05, 0.1) is 12.7 Å². The second kappa shape index (κ2) is 5.11. The molecule has 5 heteroatoms. The Labute approximate surface area is 120 Å². The van der Waals surface area contributed by atoms with E-state index < -0.39 is 0 Å². The predicted octanol–water partition coefficient (Wildman–Crippen LogP) is 1.55. The van der Waals surface area contributed by atoms with Gasteiger partial charge in [0, 0.05) is 24.9 Å². The molecule has 4 rings (SSSR count). The smallest absolute Gasteiger partial charge is 0.153 e. The predicted molar refractivity (Wildman–Crippen MR) is 75.4 cm³/mol. The van der Waals surface area contributed by atoms with Crippen molar-refractivity contribution < 1.29 is 4.74 Å². The molecule has 1 aliphatic carbocycles. The lowest BCUT2D eigenvalue weighted by atomic mass is 9.80. The molecular formula is C15H24N4O. The molecule has 0 amide bonds. The van der Waals surface area contributed by atoms with Gasteiger partial charge in [0.1, 0.15) is 5.82 Å². The second-order valence-electron chi connectivity index (χ2n) is 6.71. The highest BCUT2D eigenvalue weighted by atomic mass is 16.5. The second-order valence-corrected chi connectivity index (χ2v) is 6.71. The average molecular weight is 276 g/mol. The summed E-state index contributed by atoms with van der Waals surface area (Å²) >= 11 is 0. The van der Waals surface area contributed by atoms with E-state index >= 15 is 0 Å². The number of aromatic amines is 1. The van der Waals surface area contributed by atoms with Crippen LogP contribution < -0.4 is 0 Å². The van der Waals surface area contributed by atoms with Crippen LogP contribution in [0, 0.1) is 18.8 Å². The fraction of sp³-hybridized carbons (Fsp3) is 0.867. The van der Waals surface area contributed by atoms with Gasteiger partial charge in [-0.25, -0.2) is 4.98 Å². The van der Waals surface area contributed by atoms with Crippen LogP contribution in [0.1, 0.15) is 37.3 Å². The van der Waals surface area contributed by atoms with Gasteiger partial charge in [0.15, 0.2) is 5.82 Å². The third-order valence-corrected chi connectivity index (χ3v) is 5.44. The van der Waals surface area contributed by atoms with Crippen LogP contribution in [0.2, 0.25) is 0 Å². The quantitative estimate of drug-likeness (QED) is 0.910. The minimum absolute atomic E-state index is 0.332. The number of nitrogens with zero attached hydrogens (tertiary/aromatic N) is 3. The van der Waals surface area contributed by atoms with Crippen LogP contribution in [0.5, 0.6) is 0 Å². The first-order valence-corrected chi connectivity index (χ1v) is 8.03. The molecule has 20 heavy (non-hydrogen) atoms. The average Bonchev–Trinajstić information content (AvgIpc) is 2.95. The lowest BCUT2D eigenvalue weighted by Gasteiger charge is -2.43. The zero-order chi connectivity index (χ0) is 13.5. The van der Waals surface area contributed by atoms with Gasteiger partial charge >= 0.3 is 0 Å². The molecule has 1 saturated carbocycles. The molecule has 3 heterocycles. The zero-order valence-corrected chi connectivity index (χ0v) is 12.2. The van der Waals surface area contributed by atoms with E-state index in [0.717, 1.165) is 36.6 Å². The van der Waals surface area contributed by atoms with E-state index in [4.69, 9.17) is 4.74 Å². The molecule has 0 spiro atoms. The maximum atomic E-state index is 6.07. The first kappa shape index (κ1) is 12.8. The molecular weight excluding hydrogens is 252 g/mol. The van der Waals surface area contributed by atoms with E-state index in [9.17, 15) is 0 Å².